The largest absolute Gasteiger partial charge is 0.394 e. The standard InChI is InChI=1S/C11H21NO2/c1-5-7-9(3)10(14)12-11(4,6-2)8-13/h7,13H,5-6,8H2,1-4H3,(H,12,14). The number of allylic oxidation sites excluding steroid dienone is 1. The van der Waals surface area contributed by atoms with Crippen molar-refractivity contribution in [3.05, 3.63) is 11.6 Å². The average Bonchev–Trinajstić information content (AvgIpc) is 2.18. The maximum atomic E-state index is 11.6. The predicted octanol–water partition coefficient (Wildman–Crippen LogP) is 1.62. The SMILES string of the molecule is CCC=C(C)C(=O)NC(C)(CC)CO. The van der Waals surface area contributed by atoms with E-state index in [9.17, 15) is 4.79 Å². The molecule has 0 aliphatic heterocycles. The van der Waals surface area contributed by atoms with Gasteiger partial charge in [0.1, 0.15) is 0 Å². The Hall–Kier alpha value is -0.830. The molecule has 0 rings (SSSR count). The van der Waals surface area contributed by atoms with Gasteiger partial charge in [0.2, 0.25) is 5.91 Å². The summed E-state index contributed by atoms with van der Waals surface area (Å²) in [5.41, 5.74) is 0.209. The molecule has 0 bridgehead atoms. The van der Waals surface area contributed by atoms with Crippen LogP contribution in [-0.4, -0.2) is 23.2 Å². The zero-order valence-corrected chi connectivity index (χ0v) is 9.55. The van der Waals surface area contributed by atoms with Crippen molar-refractivity contribution in [2.24, 2.45) is 0 Å². The van der Waals surface area contributed by atoms with Gasteiger partial charge in [-0.3, -0.25) is 4.79 Å². The summed E-state index contributed by atoms with van der Waals surface area (Å²) in [5, 5.41) is 11.9. The van der Waals surface area contributed by atoms with Crippen LogP contribution < -0.4 is 5.32 Å². The number of hydrogen-bond acceptors (Lipinski definition) is 2. The van der Waals surface area contributed by atoms with Crippen molar-refractivity contribution in [2.45, 2.75) is 46.1 Å². The number of amides is 1. The lowest BCUT2D eigenvalue weighted by Gasteiger charge is -2.27. The fraction of sp³-hybridized carbons (Fsp3) is 0.727. The molecule has 0 saturated carbocycles. The second-order valence-corrected chi connectivity index (χ2v) is 3.82. The van der Waals surface area contributed by atoms with E-state index in [1.807, 2.05) is 26.8 Å². The Morgan fingerprint density at radius 1 is 1.50 bits per heavy atom. The Bertz CT molecular complexity index is 217. The molecule has 0 aromatic carbocycles. The first-order valence-corrected chi connectivity index (χ1v) is 5.09. The summed E-state index contributed by atoms with van der Waals surface area (Å²) >= 11 is 0. The van der Waals surface area contributed by atoms with Crippen molar-refractivity contribution in [1.29, 1.82) is 0 Å². The zero-order valence-electron chi connectivity index (χ0n) is 9.55. The van der Waals surface area contributed by atoms with E-state index >= 15 is 0 Å². The maximum Gasteiger partial charge on any atom is 0.247 e. The highest BCUT2D eigenvalue weighted by molar-refractivity contribution is 5.93. The van der Waals surface area contributed by atoms with Gasteiger partial charge in [-0.25, -0.2) is 0 Å². The summed E-state index contributed by atoms with van der Waals surface area (Å²) in [6.45, 7) is 7.52. The summed E-state index contributed by atoms with van der Waals surface area (Å²) < 4.78 is 0. The van der Waals surface area contributed by atoms with Crippen LogP contribution in [0.3, 0.4) is 0 Å². The first kappa shape index (κ1) is 13.2. The number of aliphatic hydroxyl groups is 1. The fourth-order valence-corrected chi connectivity index (χ4v) is 1.01. The zero-order chi connectivity index (χ0) is 11.2. The third-order valence-corrected chi connectivity index (χ3v) is 2.41. The monoisotopic (exact) mass is 199 g/mol. The molecule has 1 unspecified atom stereocenters. The minimum Gasteiger partial charge on any atom is -0.394 e. The molecule has 0 aromatic heterocycles. The normalized spacial score (nSPS) is 16.2. The Kier molecular flexibility index (Phi) is 5.46. The van der Waals surface area contributed by atoms with Crippen LogP contribution in [0.4, 0.5) is 0 Å². The lowest BCUT2D eigenvalue weighted by atomic mass is 9.99. The van der Waals surface area contributed by atoms with Gasteiger partial charge < -0.3 is 10.4 Å². The third kappa shape index (κ3) is 3.92. The second kappa shape index (κ2) is 5.81. The summed E-state index contributed by atoms with van der Waals surface area (Å²) in [5.74, 6) is -0.0924. The molecule has 0 saturated heterocycles. The Morgan fingerprint density at radius 3 is 2.43 bits per heavy atom. The molecule has 3 nitrogen and oxygen atoms in total. The van der Waals surface area contributed by atoms with Gasteiger partial charge in [-0.15, -0.1) is 0 Å². The first-order valence-electron chi connectivity index (χ1n) is 5.09. The Balaban J connectivity index is 4.37. The molecule has 0 spiro atoms. The van der Waals surface area contributed by atoms with Gasteiger partial charge in [0.15, 0.2) is 0 Å². The van der Waals surface area contributed by atoms with Gasteiger partial charge in [-0.05, 0) is 26.7 Å². The molecule has 0 heterocycles. The molecule has 0 fully saturated rings. The van der Waals surface area contributed by atoms with Crippen LogP contribution in [0, 0.1) is 0 Å². The number of carbonyl (C=O) groups excluding carboxylic acids is 1. The summed E-state index contributed by atoms with van der Waals surface area (Å²) in [7, 11) is 0. The lowest BCUT2D eigenvalue weighted by molar-refractivity contribution is -0.119. The Labute approximate surface area is 86.2 Å². The number of carbonyl (C=O) groups is 1. The highest BCUT2D eigenvalue weighted by atomic mass is 16.3. The van der Waals surface area contributed by atoms with Gasteiger partial charge in [-0.1, -0.05) is 19.9 Å². The van der Waals surface area contributed by atoms with Crippen LogP contribution in [0.1, 0.15) is 40.5 Å². The molecule has 3 heteroatoms. The summed E-state index contributed by atoms with van der Waals surface area (Å²) in [6.07, 6.45) is 3.44. The molecule has 0 aliphatic carbocycles. The predicted molar refractivity (Wildman–Crippen MR) is 58.0 cm³/mol. The van der Waals surface area contributed by atoms with Crippen LogP contribution >= 0.6 is 0 Å². The van der Waals surface area contributed by atoms with Gasteiger partial charge in [0.25, 0.3) is 0 Å². The molecule has 1 atom stereocenters. The summed E-state index contributed by atoms with van der Waals surface area (Å²) in [4.78, 5) is 11.6. The highest BCUT2D eigenvalue weighted by Gasteiger charge is 2.23. The van der Waals surface area contributed by atoms with E-state index in [-0.39, 0.29) is 12.5 Å². The topological polar surface area (TPSA) is 49.3 Å². The summed E-state index contributed by atoms with van der Waals surface area (Å²) in [6, 6.07) is 0. The Morgan fingerprint density at radius 2 is 2.07 bits per heavy atom. The molecule has 82 valence electrons. The van der Waals surface area contributed by atoms with Crippen LogP contribution in [0.25, 0.3) is 0 Å². The van der Waals surface area contributed by atoms with Gasteiger partial charge in [0, 0.05) is 5.57 Å². The van der Waals surface area contributed by atoms with Crippen LogP contribution in [0.15, 0.2) is 11.6 Å². The molecule has 14 heavy (non-hydrogen) atoms. The number of hydrogen-bond donors (Lipinski definition) is 2. The van der Waals surface area contributed by atoms with E-state index in [0.29, 0.717) is 12.0 Å². The lowest BCUT2D eigenvalue weighted by Crippen LogP contribution is -2.48. The van der Waals surface area contributed by atoms with E-state index < -0.39 is 5.54 Å². The molecule has 1 amide bonds. The third-order valence-electron chi connectivity index (χ3n) is 2.41. The maximum absolute atomic E-state index is 11.6. The minimum absolute atomic E-state index is 0.0331. The fourth-order valence-electron chi connectivity index (χ4n) is 1.01. The average molecular weight is 199 g/mol. The number of nitrogens with one attached hydrogen (secondary N) is 1. The van der Waals surface area contributed by atoms with Gasteiger partial charge in [0.05, 0.1) is 12.1 Å². The second-order valence-electron chi connectivity index (χ2n) is 3.82. The smallest absolute Gasteiger partial charge is 0.247 e. The van der Waals surface area contributed by atoms with Gasteiger partial charge in [-0.2, -0.15) is 0 Å². The van der Waals surface area contributed by atoms with Crippen LogP contribution in [0.2, 0.25) is 0 Å². The van der Waals surface area contributed by atoms with Crippen LogP contribution in [-0.2, 0) is 4.79 Å². The molecule has 2 N–H and O–H groups in total. The van der Waals surface area contributed by atoms with Crippen molar-refractivity contribution < 1.29 is 9.90 Å². The van der Waals surface area contributed by atoms with E-state index in [1.165, 1.54) is 0 Å². The number of rotatable bonds is 5. The van der Waals surface area contributed by atoms with E-state index in [2.05, 4.69) is 5.32 Å². The molecular formula is C11H21NO2. The quantitative estimate of drug-likeness (QED) is 0.661. The first-order chi connectivity index (χ1) is 6.49. The molecular weight excluding hydrogens is 178 g/mol. The van der Waals surface area contributed by atoms with Gasteiger partial charge >= 0.3 is 0 Å². The van der Waals surface area contributed by atoms with Crippen molar-refractivity contribution in [1.82, 2.24) is 5.32 Å². The van der Waals surface area contributed by atoms with Crippen molar-refractivity contribution in [2.75, 3.05) is 6.61 Å². The van der Waals surface area contributed by atoms with Crippen molar-refractivity contribution in [3.8, 4) is 0 Å². The molecule has 0 aromatic rings. The molecule has 0 aliphatic rings. The molecule has 0 radical (unpaired) electrons. The number of aliphatic hydroxyl groups excluding tert-OH is 1. The van der Waals surface area contributed by atoms with Crippen LogP contribution in [0.5, 0.6) is 0 Å². The van der Waals surface area contributed by atoms with E-state index in [4.69, 9.17) is 5.11 Å². The van der Waals surface area contributed by atoms with E-state index in [0.717, 1.165) is 6.42 Å². The van der Waals surface area contributed by atoms with Crippen molar-refractivity contribution >= 4 is 5.91 Å². The van der Waals surface area contributed by atoms with Crippen molar-refractivity contribution in [3.63, 3.8) is 0 Å². The highest BCUT2D eigenvalue weighted by Crippen LogP contribution is 2.09. The van der Waals surface area contributed by atoms with E-state index in [1.54, 1.807) is 6.92 Å². The minimum atomic E-state index is -0.500.